The van der Waals surface area contributed by atoms with Crippen molar-refractivity contribution < 1.29 is 53.2 Å². The molecule has 0 unspecified atom stereocenters. The summed E-state index contributed by atoms with van der Waals surface area (Å²) < 4.78 is 12.4. The normalized spacial score (nSPS) is 11.3. The number of phenolic OH excluding ortho intramolecular Hbond substituents is 1. The highest BCUT2D eigenvalue weighted by Crippen LogP contribution is 2.45. The third-order valence-electron chi connectivity index (χ3n) is 12.5. The molecule has 6 aromatic rings. The average Bonchev–Trinajstić information content (AvgIpc) is 3.36. The first-order valence-corrected chi connectivity index (χ1v) is 22.1. The minimum atomic E-state index is -1.40. The largest absolute Gasteiger partial charge is 0.508 e. The minimum absolute atomic E-state index is 0.00125. The SMILES string of the molecule is CN(C)c1ccc2c(-c3ccc(C(=O)Nc4cccc5cc(C(=O)NCc6c7oc8cc(O)ccc8c(-c8ccc(C(=O)O)cc8C(=O)O)c-7ccc6=O)ccc45)cc3C(=O)O)c3ccc(=N)cc-3oc2c1. The van der Waals surface area contributed by atoms with E-state index in [4.69, 9.17) is 14.2 Å². The molecule has 0 bridgehead atoms. The van der Waals surface area contributed by atoms with Crippen LogP contribution in [0.2, 0.25) is 0 Å². The number of hydrogen-bond acceptors (Lipinski definition) is 11. The van der Waals surface area contributed by atoms with Gasteiger partial charge < -0.3 is 50.2 Å². The first kappa shape index (κ1) is 45.7. The number of hydrogen-bond donors (Lipinski definition) is 7. The van der Waals surface area contributed by atoms with Crippen LogP contribution in [0.4, 0.5) is 11.4 Å². The molecular formula is C56H38N4O12. The van der Waals surface area contributed by atoms with E-state index in [2.05, 4.69) is 10.6 Å². The van der Waals surface area contributed by atoms with Crippen LogP contribution in [0.5, 0.6) is 5.75 Å². The number of amides is 2. The lowest BCUT2D eigenvalue weighted by molar-refractivity contribution is 0.0682. The summed E-state index contributed by atoms with van der Waals surface area (Å²) in [6, 6.07) is 35.3. The summed E-state index contributed by atoms with van der Waals surface area (Å²) in [6.45, 7) is -0.340. The van der Waals surface area contributed by atoms with Crippen LogP contribution >= 0.6 is 0 Å². The molecular weight excluding hydrogens is 921 g/mol. The summed E-state index contributed by atoms with van der Waals surface area (Å²) in [5, 5.41) is 56.9. The zero-order chi connectivity index (χ0) is 50.7. The zero-order valence-electron chi connectivity index (χ0n) is 38.0. The predicted octanol–water partition coefficient (Wildman–Crippen LogP) is 9.76. The van der Waals surface area contributed by atoms with Gasteiger partial charge in [-0.25, -0.2) is 14.4 Å². The zero-order valence-corrected chi connectivity index (χ0v) is 38.0. The molecule has 0 aromatic heterocycles. The Hall–Kier alpha value is -10.1. The molecule has 0 atom stereocenters. The van der Waals surface area contributed by atoms with E-state index in [0.29, 0.717) is 60.8 Å². The number of aromatic carboxylic acids is 3. The van der Waals surface area contributed by atoms with Crippen LogP contribution in [0.1, 0.15) is 57.4 Å². The summed E-state index contributed by atoms with van der Waals surface area (Å²) in [5.41, 5.74) is 3.04. The van der Waals surface area contributed by atoms with E-state index in [1.807, 2.05) is 37.2 Å². The van der Waals surface area contributed by atoms with E-state index < -0.39 is 35.2 Å². The molecule has 0 spiro atoms. The average molecular weight is 959 g/mol. The van der Waals surface area contributed by atoms with Crippen LogP contribution in [0.3, 0.4) is 0 Å². The van der Waals surface area contributed by atoms with Gasteiger partial charge >= 0.3 is 17.9 Å². The number of nitrogens with one attached hydrogen (secondary N) is 3. The summed E-state index contributed by atoms with van der Waals surface area (Å²) >= 11 is 0. The molecule has 7 N–H and O–H groups in total. The maximum Gasteiger partial charge on any atom is 0.336 e. The number of fused-ring (bicyclic) bond motifs is 5. The number of phenols is 1. The van der Waals surface area contributed by atoms with Gasteiger partial charge in [0.1, 0.15) is 28.4 Å². The Balaban J connectivity index is 0.935. The highest BCUT2D eigenvalue weighted by molar-refractivity contribution is 6.14. The molecule has 2 amide bonds. The number of carbonyl (C=O) groups is 5. The van der Waals surface area contributed by atoms with E-state index >= 15 is 0 Å². The monoisotopic (exact) mass is 958 g/mol. The predicted molar refractivity (Wildman–Crippen MR) is 269 cm³/mol. The van der Waals surface area contributed by atoms with Crippen molar-refractivity contribution in [2.24, 2.45) is 0 Å². The number of aromatic hydroxyl groups is 1. The fraction of sp³-hybridized carbons (Fsp3) is 0.0536. The Kier molecular flexibility index (Phi) is 11.3. The maximum absolute atomic E-state index is 13.9. The van der Waals surface area contributed by atoms with Crippen molar-refractivity contribution in [2.45, 2.75) is 6.54 Å². The standard InChI is InChI=1S/C56H38N4O12/c1-60(2)32-10-16-38-47(24-32)71-46-23-31(57)9-15-37(46)49(38)35-13-7-29(21-41(35)55(67)68)53(64)59-44-5-3-4-27-20-28(6-12-34(27)44)52(63)58-26-43-45(62)19-18-40-50(39-17-11-33(61)25-48(39)72-51(40)43)36-14-8-30(54(65)66)22-42(36)56(69)70/h3-25,57,61H,26H2,1-2H3,(H,58,63)(H,59,64)(H,65,66)(H,67,68)(H,69,70). The van der Waals surface area contributed by atoms with Crippen LogP contribution in [0, 0.1) is 5.41 Å². The van der Waals surface area contributed by atoms with Crippen molar-refractivity contribution in [1.29, 1.82) is 5.41 Å². The number of carbonyl (C=O) groups excluding carboxylic acids is 2. The number of benzene rings is 8. The van der Waals surface area contributed by atoms with E-state index in [9.17, 15) is 49.2 Å². The van der Waals surface area contributed by atoms with Crippen LogP contribution < -0.4 is 26.3 Å². The molecule has 16 heteroatoms. The molecule has 72 heavy (non-hydrogen) atoms. The highest BCUT2D eigenvalue weighted by atomic mass is 16.4. The molecule has 2 heterocycles. The van der Waals surface area contributed by atoms with E-state index in [1.165, 1.54) is 60.7 Å². The second-order valence-corrected chi connectivity index (χ2v) is 17.2. The molecule has 2 aliphatic heterocycles. The van der Waals surface area contributed by atoms with Crippen molar-refractivity contribution in [2.75, 3.05) is 24.3 Å². The Morgan fingerprint density at radius 3 is 1.90 bits per heavy atom. The highest BCUT2D eigenvalue weighted by Gasteiger charge is 2.27. The van der Waals surface area contributed by atoms with Gasteiger partial charge in [-0.05, 0) is 108 Å². The van der Waals surface area contributed by atoms with Crippen molar-refractivity contribution in [3.8, 4) is 50.7 Å². The molecule has 16 nitrogen and oxygen atoms in total. The smallest absolute Gasteiger partial charge is 0.336 e. The molecule has 6 aromatic carbocycles. The summed E-state index contributed by atoms with van der Waals surface area (Å²) in [4.78, 5) is 80.4. The third-order valence-corrected chi connectivity index (χ3v) is 12.5. The van der Waals surface area contributed by atoms with Gasteiger partial charge in [-0.1, -0.05) is 30.3 Å². The van der Waals surface area contributed by atoms with Gasteiger partial charge in [-0.15, -0.1) is 0 Å². The lowest BCUT2D eigenvalue weighted by Gasteiger charge is -2.19. The van der Waals surface area contributed by atoms with Crippen LogP contribution in [-0.4, -0.2) is 64.2 Å². The third kappa shape index (κ3) is 8.13. The fourth-order valence-corrected chi connectivity index (χ4v) is 9.04. The Morgan fingerprint density at radius 2 is 1.19 bits per heavy atom. The number of anilines is 2. The molecule has 354 valence electrons. The van der Waals surface area contributed by atoms with Crippen LogP contribution in [0.25, 0.3) is 77.6 Å². The van der Waals surface area contributed by atoms with Gasteiger partial charge in [0.15, 0.2) is 5.43 Å². The molecule has 0 saturated heterocycles. The Morgan fingerprint density at radius 1 is 0.583 bits per heavy atom. The second-order valence-electron chi connectivity index (χ2n) is 17.2. The molecule has 0 saturated carbocycles. The maximum atomic E-state index is 13.9. The van der Waals surface area contributed by atoms with Gasteiger partial charge in [0.25, 0.3) is 11.8 Å². The summed E-state index contributed by atoms with van der Waals surface area (Å²) in [6.07, 6.45) is 0. The number of carboxylic acid groups (broad SMARTS) is 3. The Bertz CT molecular complexity index is 4040. The lowest BCUT2D eigenvalue weighted by Crippen LogP contribution is -2.26. The number of carboxylic acids is 3. The topological polar surface area (TPSA) is 261 Å². The number of nitrogens with zero attached hydrogens (tertiary/aromatic N) is 1. The van der Waals surface area contributed by atoms with E-state index in [1.54, 1.807) is 54.6 Å². The molecule has 0 fully saturated rings. The molecule has 2 aliphatic carbocycles. The number of rotatable bonds is 11. The fourth-order valence-electron chi connectivity index (χ4n) is 9.04. The van der Waals surface area contributed by atoms with Crippen LogP contribution in [-0.2, 0) is 6.54 Å². The molecule has 4 aliphatic rings. The van der Waals surface area contributed by atoms with Gasteiger partial charge in [-0.2, -0.15) is 0 Å². The summed E-state index contributed by atoms with van der Waals surface area (Å²) in [7, 11) is 3.77. The van der Waals surface area contributed by atoms with Gasteiger partial charge in [-0.3, -0.25) is 14.4 Å². The van der Waals surface area contributed by atoms with Crippen molar-refractivity contribution in [3.05, 3.63) is 188 Å². The van der Waals surface area contributed by atoms with Gasteiger partial charge in [0.2, 0.25) is 0 Å². The van der Waals surface area contributed by atoms with Crippen LogP contribution in [0.15, 0.2) is 153 Å². The lowest BCUT2D eigenvalue weighted by atomic mass is 9.88. The Labute approximate surface area is 406 Å². The van der Waals surface area contributed by atoms with Gasteiger partial charge in [0.05, 0.1) is 34.2 Å². The molecule has 10 rings (SSSR count). The van der Waals surface area contributed by atoms with Crippen molar-refractivity contribution >= 4 is 73.8 Å². The quantitative estimate of drug-likeness (QED) is 0.0596. The minimum Gasteiger partial charge on any atom is -0.508 e. The molecule has 0 radical (unpaired) electrons. The van der Waals surface area contributed by atoms with E-state index in [-0.39, 0.29) is 73.5 Å². The second kappa shape index (κ2) is 17.8. The van der Waals surface area contributed by atoms with Gasteiger partial charge in [0, 0.05) is 93.2 Å². The first-order chi connectivity index (χ1) is 34.5. The first-order valence-electron chi connectivity index (χ1n) is 22.1. The van der Waals surface area contributed by atoms with E-state index in [0.717, 1.165) is 11.8 Å². The van der Waals surface area contributed by atoms with Crippen molar-refractivity contribution in [3.63, 3.8) is 0 Å². The van der Waals surface area contributed by atoms with Crippen molar-refractivity contribution in [1.82, 2.24) is 5.32 Å². The summed E-state index contributed by atoms with van der Waals surface area (Å²) in [5.74, 6) is -4.96.